The van der Waals surface area contributed by atoms with Crippen molar-refractivity contribution < 1.29 is 14.7 Å². The number of carbonyl (C=O) groups excluding carboxylic acids is 1. The van der Waals surface area contributed by atoms with Gasteiger partial charge in [-0.05, 0) is 33.1 Å². The zero-order chi connectivity index (χ0) is 15.3. The zero-order valence-electron chi connectivity index (χ0n) is 12.4. The highest BCUT2D eigenvalue weighted by Crippen LogP contribution is 2.34. The number of carbonyl (C=O) groups is 2. The minimum Gasteiger partial charge on any atom is -0.479 e. The first-order valence-corrected chi connectivity index (χ1v) is 7.09. The number of carboxylic acid groups (broad SMARTS) is 1. The van der Waals surface area contributed by atoms with Crippen molar-refractivity contribution in [3.63, 3.8) is 0 Å². The van der Waals surface area contributed by atoms with Crippen molar-refractivity contribution in [3.8, 4) is 6.07 Å². The Labute approximate surface area is 120 Å². The fourth-order valence-electron chi connectivity index (χ4n) is 2.80. The molecule has 1 unspecified atom stereocenters. The predicted molar refractivity (Wildman–Crippen MR) is 74.1 cm³/mol. The Balaban J connectivity index is 2.98. The summed E-state index contributed by atoms with van der Waals surface area (Å²) >= 11 is 0. The highest BCUT2D eigenvalue weighted by atomic mass is 16.4. The molecule has 20 heavy (non-hydrogen) atoms. The number of carboxylic acids is 1. The van der Waals surface area contributed by atoms with Crippen LogP contribution in [-0.2, 0) is 4.79 Å². The largest absolute Gasteiger partial charge is 0.479 e. The van der Waals surface area contributed by atoms with Gasteiger partial charge in [-0.15, -0.1) is 0 Å². The summed E-state index contributed by atoms with van der Waals surface area (Å²) in [4.78, 5) is 27.3. The molecule has 1 heterocycles. The Morgan fingerprint density at radius 1 is 1.50 bits per heavy atom. The van der Waals surface area contributed by atoms with Crippen molar-refractivity contribution in [1.29, 1.82) is 5.26 Å². The zero-order valence-corrected chi connectivity index (χ0v) is 12.4. The number of hydrogen-bond donors (Lipinski definition) is 1. The molecule has 2 amide bonds. The molecule has 0 bridgehead atoms. The van der Waals surface area contributed by atoms with Crippen molar-refractivity contribution in [3.05, 3.63) is 0 Å². The second kappa shape index (κ2) is 6.60. The van der Waals surface area contributed by atoms with Crippen LogP contribution in [0.15, 0.2) is 0 Å². The fraction of sp³-hybridized carbons (Fsp3) is 0.786. The van der Waals surface area contributed by atoms with Crippen LogP contribution in [0.25, 0.3) is 0 Å². The van der Waals surface area contributed by atoms with Crippen molar-refractivity contribution in [2.75, 3.05) is 13.1 Å². The number of rotatable bonds is 5. The molecule has 112 valence electrons. The van der Waals surface area contributed by atoms with E-state index < -0.39 is 11.5 Å². The van der Waals surface area contributed by atoms with Crippen LogP contribution in [0, 0.1) is 11.3 Å². The fourth-order valence-corrected chi connectivity index (χ4v) is 2.80. The first-order chi connectivity index (χ1) is 9.40. The van der Waals surface area contributed by atoms with Crippen LogP contribution in [0.1, 0.15) is 46.5 Å². The minimum absolute atomic E-state index is 0.0557. The van der Waals surface area contributed by atoms with Gasteiger partial charge in [0.05, 0.1) is 12.5 Å². The second-order valence-electron chi connectivity index (χ2n) is 5.42. The van der Waals surface area contributed by atoms with Gasteiger partial charge in [0.1, 0.15) is 5.54 Å². The normalized spacial score (nSPS) is 21.9. The molecule has 1 aliphatic rings. The highest BCUT2D eigenvalue weighted by Gasteiger charge is 2.49. The second-order valence-corrected chi connectivity index (χ2v) is 5.42. The van der Waals surface area contributed by atoms with Gasteiger partial charge in [-0.1, -0.05) is 6.92 Å². The van der Waals surface area contributed by atoms with E-state index >= 15 is 0 Å². The molecule has 0 aromatic rings. The van der Waals surface area contributed by atoms with Gasteiger partial charge < -0.3 is 14.9 Å². The van der Waals surface area contributed by atoms with Crippen molar-refractivity contribution >= 4 is 12.0 Å². The molecule has 0 aromatic heterocycles. The van der Waals surface area contributed by atoms with Crippen LogP contribution in [0.4, 0.5) is 4.79 Å². The van der Waals surface area contributed by atoms with E-state index in [2.05, 4.69) is 0 Å². The number of nitriles is 1. The lowest BCUT2D eigenvalue weighted by molar-refractivity contribution is -0.148. The number of hydrogen-bond acceptors (Lipinski definition) is 3. The number of amides is 2. The Kier molecular flexibility index (Phi) is 5.37. The van der Waals surface area contributed by atoms with Gasteiger partial charge in [0, 0.05) is 19.1 Å². The first kappa shape index (κ1) is 16.3. The average Bonchev–Trinajstić information content (AvgIpc) is 2.83. The SMILES string of the molecule is CCC1(C(=O)O)CCCN1C(=O)N(CCC#N)C(C)C. The molecule has 1 atom stereocenters. The maximum atomic E-state index is 12.7. The van der Waals surface area contributed by atoms with Gasteiger partial charge in [-0.2, -0.15) is 5.26 Å². The molecular weight excluding hydrogens is 258 g/mol. The third kappa shape index (κ3) is 2.87. The quantitative estimate of drug-likeness (QED) is 0.836. The van der Waals surface area contributed by atoms with E-state index in [0.29, 0.717) is 32.4 Å². The van der Waals surface area contributed by atoms with Gasteiger partial charge in [0.2, 0.25) is 0 Å². The Morgan fingerprint density at radius 2 is 2.15 bits per heavy atom. The summed E-state index contributed by atoms with van der Waals surface area (Å²) in [7, 11) is 0. The van der Waals surface area contributed by atoms with Crippen LogP contribution in [-0.4, -0.2) is 51.6 Å². The van der Waals surface area contributed by atoms with Crippen LogP contribution in [0.2, 0.25) is 0 Å². The van der Waals surface area contributed by atoms with Gasteiger partial charge in [-0.25, -0.2) is 9.59 Å². The topological polar surface area (TPSA) is 84.6 Å². The Morgan fingerprint density at radius 3 is 2.60 bits per heavy atom. The molecule has 0 spiro atoms. The number of aliphatic carboxylic acids is 1. The minimum atomic E-state index is -1.09. The van der Waals surface area contributed by atoms with E-state index in [9.17, 15) is 14.7 Å². The third-order valence-electron chi connectivity index (χ3n) is 4.04. The average molecular weight is 281 g/mol. The maximum Gasteiger partial charge on any atom is 0.329 e. The lowest BCUT2D eigenvalue weighted by Gasteiger charge is -2.38. The van der Waals surface area contributed by atoms with Crippen molar-refractivity contribution in [2.24, 2.45) is 0 Å². The molecule has 0 aliphatic carbocycles. The molecule has 6 heteroatoms. The summed E-state index contributed by atoms with van der Waals surface area (Å²) in [5.41, 5.74) is -1.09. The summed E-state index contributed by atoms with van der Waals surface area (Å²) in [6.45, 7) is 6.35. The summed E-state index contributed by atoms with van der Waals surface area (Å²) in [6.07, 6.45) is 1.85. The molecule has 0 aromatic carbocycles. The van der Waals surface area contributed by atoms with E-state index in [0.717, 1.165) is 0 Å². The summed E-state index contributed by atoms with van der Waals surface area (Å²) in [5, 5.41) is 18.2. The van der Waals surface area contributed by atoms with Crippen LogP contribution >= 0.6 is 0 Å². The third-order valence-corrected chi connectivity index (χ3v) is 4.04. The maximum absolute atomic E-state index is 12.7. The number of likely N-dealkylation sites (tertiary alicyclic amines) is 1. The van der Waals surface area contributed by atoms with Crippen LogP contribution in [0.5, 0.6) is 0 Å². The van der Waals surface area contributed by atoms with E-state index in [-0.39, 0.29) is 18.5 Å². The molecule has 1 rings (SSSR count). The molecule has 0 radical (unpaired) electrons. The monoisotopic (exact) mass is 281 g/mol. The standard InChI is InChI=1S/C14H23N3O3/c1-4-14(12(18)19)7-5-10-17(14)13(20)16(11(2)3)9-6-8-15/h11H,4-7,9-10H2,1-3H3,(H,18,19). The van der Waals surface area contributed by atoms with E-state index in [1.54, 1.807) is 11.8 Å². The molecule has 6 nitrogen and oxygen atoms in total. The van der Waals surface area contributed by atoms with E-state index in [1.807, 2.05) is 19.9 Å². The van der Waals surface area contributed by atoms with E-state index in [4.69, 9.17) is 5.26 Å². The highest BCUT2D eigenvalue weighted by molar-refractivity contribution is 5.87. The molecule has 0 saturated carbocycles. The van der Waals surface area contributed by atoms with Gasteiger partial charge in [0.15, 0.2) is 0 Å². The van der Waals surface area contributed by atoms with Crippen LogP contribution in [0.3, 0.4) is 0 Å². The molecule has 1 aliphatic heterocycles. The number of nitrogens with zero attached hydrogens (tertiary/aromatic N) is 3. The summed E-state index contributed by atoms with van der Waals surface area (Å²) in [6, 6.07) is 1.70. The molecule has 1 fully saturated rings. The first-order valence-electron chi connectivity index (χ1n) is 7.09. The summed E-state index contributed by atoms with van der Waals surface area (Å²) in [5.74, 6) is -0.935. The van der Waals surface area contributed by atoms with Crippen LogP contribution < -0.4 is 0 Å². The Hall–Kier alpha value is -1.77. The predicted octanol–water partition coefficient (Wildman–Crippen LogP) is 2.06. The Bertz CT molecular complexity index is 416. The molecule has 1 saturated heterocycles. The van der Waals surface area contributed by atoms with Gasteiger partial charge in [0.25, 0.3) is 0 Å². The van der Waals surface area contributed by atoms with E-state index in [1.165, 1.54) is 4.90 Å². The lowest BCUT2D eigenvalue weighted by atomic mass is 9.93. The van der Waals surface area contributed by atoms with Gasteiger partial charge >= 0.3 is 12.0 Å². The number of urea groups is 1. The molecular formula is C14H23N3O3. The van der Waals surface area contributed by atoms with Crippen molar-refractivity contribution in [1.82, 2.24) is 9.80 Å². The van der Waals surface area contributed by atoms with Gasteiger partial charge in [-0.3, -0.25) is 0 Å². The molecule has 1 N–H and O–H groups in total. The smallest absolute Gasteiger partial charge is 0.329 e. The lowest BCUT2D eigenvalue weighted by Crippen LogP contribution is -2.57. The van der Waals surface area contributed by atoms with Crippen molar-refractivity contribution in [2.45, 2.75) is 58.0 Å². The summed E-state index contributed by atoms with van der Waals surface area (Å²) < 4.78 is 0.